The van der Waals surface area contributed by atoms with Gasteiger partial charge in [0, 0.05) is 19.1 Å². The van der Waals surface area contributed by atoms with Crippen molar-refractivity contribution < 1.29 is 4.74 Å². The van der Waals surface area contributed by atoms with Gasteiger partial charge in [-0.05, 0) is 19.9 Å². The lowest BCUT2D eigenvalue weighted by Crippen LogP contribution is -2.33. The van der Waals surface area contributed by atoms with Gasteiger partial charge < -0.3 is 10.1 Å². The van der Waals surface area contributed by atoms with Crippen molar-refractivity contribution >= 4 is 0 Å². The smallest absolute Gasteiger partial charge is 0.0551 e. The van der Waals surface area contributed by atoms with E-state index in [0.717, 1.165) is 19.5 Å². The molecule has 2 atom stereocenters. The van der Waals surface area contributed by atoms with Crippen molar-refractivity contribution in [1.29, 1.82) is 0 Å². The molecule has 0 aliphatic heterocycles. The van der Waals surface area contributed by atoms with Crippen LogP contribution in [-0.2, 0) is 4.74 Å². The summed E-state index contributed by atoms with van der Waals surface area (Å²) >= 11 is 0. The molecule has 0 aromatic carbocycles. The fraction of sp³-hybridized carbons (Fsp3) is 0.818. The van der Waals surface area contributed by atoms with Crippen LogP contribution in [0, 0.1) is 5.41 Å². The molecular formula is C11H23NO. The zero-order valence-corrected chi connectivity index (χ0v) is 9.39. The summed E-state index contributed by atoms with van der Waals surface area (Å²) in [6.45, 7) is 12.3. The molecule has 2 nitrogen and oxygen atoms in total. The normalized spacial score (nSPS) is 17.8. The zero-order chi connectivity index (χ0) is 10.3. The minimum absolute atomic E-state index is 0.144. The van der Waals surface area contributed by atoms with Gasteiger partial charge in [-0.3, -0.25) is 0 Å². The molecule has 0 saturated carbocycles. The second-order valence-electron chi connectivity index (χ2n) is 3.89. The third-order valence-electron chi connectivity index (χ3n) is 2.43. The van der Waals surface area contributed by atoms with Crippen molar-refractivity contribution in [3.05, 3.63) is 12.7 Å². The van der Waals surface area contributed by atoms with E-state index >= 15 is 0 Å². The number of nitrogens with one attached hydrogen (secondary N) is 1. The summed E-state index contributed by atoms with van der Waals surface area (Å²) < 4.78 is 5.25. The molecule has 0 spiro atoms. The molecule has 78 valence electrons. The van der Waals surface area contributed by atoms with Gasteiger partial charge in [0.15, 0.2) is 0 Å². The summed E-state index contributed by atoms with van der Waals surface area (Å²) in [6.07, 6.45) is 3.33. The Bertz CT molecular complexity index is 147. The number of methoxy groups -OCH3 is 1. The molecule has 0 fully saturated rings. The van der Waals surface area contributed by atoms with Crippen LogP contribution in [0.3, 0.4) is 0 Å². The number of rotatable bonds is 7. The third kappa shape index (κ3) is 5.06. The Kier molecular flexibility index (Phi) is 6.00. The van der Waals surface area contributed by atoms with Crippen LogP contribution in [0.2, 0.25) is 0 Å². The van der Waals surface area contributed by atoms with Gasteiger partial charge in [0.05, 0.1) is 6.10 Å². The lowest BCUT2D eigenvalue weighted by atomic mass is 9.84. The molecule has 0 aliphatic carbocycles. The van der Waals surface area contributed by atoms with Crippen molar-refractivity contribution in [1.82, 2.24) is 5.32 Å². The van der Waals surface area contributed by atoms with Crippen LogP contribution in [0.4, 0.5) is 0 Å². The maximum absolute atomic E-state index is 5.25. The molecule has 0 amide bonds. The first kappa shape index (κ1) is 12.7. The lowest BCUT2D eigenvalue weighted by molar-refractivity contribution is 0.0830. The predicted octanol–water partition coefficient (Wildman–Crippen LogP) is 2.21. The van der Waals surface area contributed by atoms with Crippen LogP contribution in [0.1, 0.15) is 27.2 Å². The minimum Gasteiger partial charge on any atom is -0.382 e. The van der Waals surface area contributed by atoms with Crippen molar-refractivity contribution in [2.45, 2.75) is 33.3 Å². The van der Waals surface area contributed by atoms with Crippen LogP contribution in [0.5, 0.6) is 0 Å². The second kappa shape index (κ2) is 6.17. The number of hydrogen-bond acceptors (Lipinski definition) is 2. The first-order chi connectivity index (χ1) is 6.08. The molecule has 13 heavy (non-hydrogen) atoms. The van der Waals surface area contributed by atoms with E-state index in [2.05, 4.69) is 32.7 Å². The van der Waals surface area contributed by atoms with E-state index in [1.807, 2.05) is 6.08 Å². The van der Waals surface area contributed by atoms with Gasteiger partial charge >= 0.3 is 0 Å². The van der Waals surface area contributed by atoms with E-state index in [1.54, 1.807) is 7.11 Å². The Morgan fingerprint density at radius 3 is 2.62 bits per heavy atom. The van der Waals surface area contributed by atoms with E-state index in [1.165, 1.54) is 0 Å². The highest BCUT2D eigenvalue weighted by molar-refractivity contribution is 4.94. The standard InChI is InChI=1S/C11H23NO/c1-6-11(4,9-12-7-2)8-10(3)13-5/h6,10,12H,1,7-9H2,2-5H3. The van der Waals surface area contributed by atoms with Crippen molar-refractivity contribution in [3.8, 4) is 0 Å². The molecule has 0 aliphatic rings. The van der Waals surface area contributed by atoms with Crippen LogP contribution in [0.25, 0.3) is 0 Å². The van der Waals surface area contributed by atoms with Crippen LogP contribution in [-0.4, -0.2) is 26.3 Å². The summed E-state index contributed by atoms with van der Waals surface area (Å²) in [5.41, 5.74) is 0.144. The van der Waals surface area contributed by atoms with Crippen molar-refractivity contribution in [2.24, 2.45) is 5.41 Å². The van der Waals surface area contributed by atoms with Gasteiger partial charge in [0.25, 0.3) is 0 Å². The molecule has 1 N–H and O–H groups in total. The van der Waals surface area contributed by atoms with Crippen LogP contribution < -0.4 is 5.32 Å². The summed E-state index contributed by atoms with van der Waals surface area (Å²) in [5.74, 6) is 0. The Labute approximate surface area is 82.4 Å². The number of ether oxygens (including phenoxy) is 1. The highest BCUT2D eigenvalue weighted by Gasteiger charge is 2.22. The van der Waals surface area contributed by atoms with Gasteiger partial charge in [-0.1, -0.05) is 19.9 Å². The van der Waals surface area contributed by atoms with E-state index < -0.39 is 0 Å². The first-order valence-corrected chi connectivity index (χ1v) is 4.95. The molecule has 0 heterocycles. The molecule has 2 heteroatoms. The topological polar surface area (TPSA) is 21.3 Å². The quantitative estimate of drug-likeness (QED) is 0.614. The SMILES string of the molecule is C=CC(C)(CNCC)CC(C)OC. The number of hydrogen-bond donors (Lipinski definition) is 1. The first-order valence-electron chi connectivity index (χ1n) is 4.95. The van der Waals surface area contributed by atoms with E-state index in [-0.39, 0.29) is 5.41 Å². The molecule has 0 bridgehead atoms. The summed E-state index contributed by atoms with van der Waals surface area (Å²) in [5, 5.41) is 3.34. The van der Waals surface area contributed by atoms with Gasteiger partial charge in [-0.15, -0.1) is 6.58 Å². The van der Waals surface area contributed by atoms with Gasteiger partial charge in [0.2, 0.25) is 0 Å². The largest absolute Gasteiger partial charge is 0.382 e. The van der Waals surface area contributed by atoms with Crippen molar-refractivity contribution in [3.63, 3.8) is 0 Å². The molecule has 2 unspecified atom stereocenters. The minimum atomic E-state index is 0.144. The van der Waals surface area contributed by atoms with Gasteiger partial charge in [0.1, 0.15) is 0 Å². The molecular weight excluding hydrogens is 162 g/mol. The van der Waals surface area contributed by atoms with Crippen LogP contribution in [0.15, 0.2) is 12.7 Å². The summed E-state index contributed by atoms with van der Waals surface area (Å²) in [4.78, 5) is 0. The molecule has 0 aromatic rings. The van der Waals surface area contributed by atoms with E-state index in [0.29, 0.717) is 6.10 Å². The molecule has 0 saturated heterocycles. The average Bonchev–Trinajstić information content (AvgIpc) is 2.14. The Morgan fingerprint density at radius 2 is 2.23 bits per heavy atom. The van der Waals surface area contributed by atoms with E-state index in [9.17, 15) is 0 Å². The highest BCUT2D eigenvalue weighted by atomic mass is 16.5. The average molecular weight is 185 g/mol. The Hall–Kier alpha value is -0.340. The fourth-order valence-electron chi connectivity index (χ4n) is 1.38. The summed E-state index contributed by atoms with van der Waals surface area (Å²) in [6, 6.07) is 0. The molecule has 0 aromatic heterocycles. The maximum Gasteiger partial charge on any atom is 0.0551 e. The fourth-order valence-corrected chi connectivity index (χ4v) is 1.38. The van der Waals surface area contributed by atoms with Gasteiger partial charge in [-0.25, -0.2) is 0 Å². The van der Waals surface area contributed by atoms with Crippen molar-refractivity contribution in [2.75, 3.05) is 20.2 Å². The van der Waals surface area contributed by atoms with Gasteiger partial charge in [-0.2, -0.15) is 0 Å². The second-order valence-corrected chi connectivity index (χ2v) is 3.89. The predicted molar refractivity (Wildman–Crippen MR) is 57.9 cm³/mol. The monoisotopic (exact) mass is 185 g/mol. The van der Waals surface area contributed by atoms with Crippen LogP contribution >= 0.6 is 0 Å². The Morgan fingerprint density at radius 1 is 1.62 bits per heavy atom. The maximum atomic E-state index is 5.25. The summed E-state index contributed by atoms with van der Waals surface area (Å²) in [7, 11) is 1.75. The van der Waals surface area contributed by atoms with E-state index in [4.69, 9.17) is 4.74 Å². The Balaban J connectivity index is 4.02. The lowest BCUT2D eigenvalue weighted by Gasteiger charge is -2.28. The molecule has 0 rings (SSSR count). The zero-order valence-electron chi connectivity index (χ0n) is 9.39. The highest BCUT2D eigenvalue weighted by Crippen LogP contribution is 2.24. The third-order valence-corrected chi connectivity index (χ3v) is 2.43. The molecule has 0 radical (unpaired) electrons.